The van der Waals surface area contributed by atoms with E-state index in [0.717, 1.165) is 57.7 Å². The Bertz CT molecular complexity index is 526. The first-order valence-corrected chi connectivity index (χ1v) is 9.27. The molecular weight excluding hydrogens is 336 g/mol. The molecule has 26 heavy (non-hydrogen) atoms. The number of aliphatic hydroxyl groups excluding tert-OH is 2. The number of nitrogens with one attached hydrogen (secondary N) is 1. The number of aliphatic hydroxyl groups is 2. The van der Waals surface area contributed by atoms with E-state index in [9.17, 15) is 4.79 Å². The van der Waals surface area contributed by atoms with Gasteiger partial charge in [0, 0.05) is 26.3 Å². The summed E-state index contributed by atoms with van der Waals surface area (Å²) in [6, 6.07) is 3.39. The van der Waals surface area contributed by atoms with Gasteiger partial charge in [0.1, 0.15) is 0 Å². The van der Waals surface area contributed by atoms with Crippen LogP contribution in [-0.2, 0) is 4.74 Å². The summed E-state index contributed by atoms with van der Waals surface area (Å²) in [5.74, 6) is 1.26. The number of ether oxygens (including phenoxy) is 1. The molecule has 0 atom stereocenters. The van der Waals surface area contributed by atoms with E-state index in [2.05, 4.69) is 25.2 Å². The van der Waals surface area contributed by atoms with Crippen LogP contribution in [0.2, 0.25) is 0 Å². The Hall–Kier alpha value is -1.77. The van der Waals surface area contributed by atoms with Gasteiger partial charge in [0.25, 0.3) is 0 Å². The predicted molar refractivity (Wildman–Crippen MR) is 98.1 cm³/mol. The maximum Gasteiger partial charge on any atom is 0.358 e. The lowest BCUT2D eigenvalue weighted by Gasteiger charge is -2.31. The number of nitrogens with zero attached hydrogens (tertiary/aromatic N) is 3. The van der Waals surface area contributed by atoms with Crippen molar-refractivity contribution in [3.8, 4) is 0 Å². The molecule has 0 aromatic carbocycles. The molecule has 2 aliphatic rings. The Morgan fingerprint density at radius 1 is 1.12 bits per heavy atom. The summed E-state index contributed by atoms with van der Waals surface area (Å²) in [6.07, 6.45) is 4.21. The molecule has 8 nitrogen and oxygen atoms in total. The highest BCUT2D eigenvalue weighted by Gasteiger charge is 2.20. The van der Waals surface area contributed by atoms with Crippen LogP contribution in [0.4, 0.5) is 5.82 Å². The standard InChI is InChI=1S/C12H17N3O3.C6H13NO/c1-18-12(17)10-2-3-11(14-13-10)15-6-4-9(8-16)5-7-15;8-5-6-1-3-7-4-2-6/h2-3,9,16H,4-8H2,1H3;6-8H,1-5H2. The van der Waals surface area contributed by atoms with Crippen molar-refractivity contribution in [3.63, 3.8) is 0 Å². The SMILES string of the molecule is COC(=O)c1ccc(N2CCC(CO)CC2)nn1.OCC1CCNCC1. The fourth-order valence-electron chi connectivity index (χ4n) is 3.12. The third-order valence-corrected chi connectivity index (χ3v) is 4.96. The minimum atomic E-state index is -0.479. The zero-order valence-corrected chi connectivity index (χ0v) is 15.4. The molecule has 0 saturated carbocycles. The molecule has 0 bridgehead atoms. The summed E-state index contributed by atoms with van der Waals surface area (Å²) in [5, 5.41) is 28.9. The number of carbonyl (C=O) groups is 1. The van der Waals surface area contributed by atoms with E-state index in [1.807, 2.05) is 0 Å². The lowest BCUT2D eigenvalue weighted by Crippen LogP contribution is -2.35. The second kappa shape index (κ2) is 11.1. The number of hydrogen-bond donors (Lipinski definition) is 3. The van der Waals surface area contributed by atoms with E-state index in [1.54, 1.807) is 12.1 Å². The number of aromatic nitrogens is 2. The number of rotatable bonds is 4. The van der Waals surface area contributed by atoms with Crippen LogP contribution in [0.25, 0.3) is 0 Å². The molecule has 2 saturated heterocycles. The van der Waals surface area contributed by atoms with Crippen LogP contribution in [-0.4, -0.2) is 72.9 Å². The van der Waals surface area contributed by atoms with Crippen molar-refractivity contribution in [2.45, 2.75) is 25.7 Å². The number of anilines is 1. The van der Waals surface area contributed by atoms with Crippen molar-refractivity contribution >= 4 is 11.8 Å². The van der Waals surface area contributed by atoms with E-state index in [1.165, 1.54) is 7.11 Å². The monoisotopic (exact) mass is 366 g/mol. The molecule has 0 spiro atoms. The van der Waals surface area contributed by atoms with Gasteiger partial charge < -0.3 is 25.2 Å². The summed E-state index contributed by atoms with van der Waals surface area (Å²) >= 11 is 0. The topological polar surface area (TPSA) is 108 Å². The average molecular weight is 366 g/mol. The van der Waals surface area contributed by atoms with Crippen molar-refractivity contribution in [2.75, 3.05) is 51.4 Å². The van der Waals surface area contributed by atoms with Gasteiger partial charge in [0.15, 0.2) is 11.5 Å². The summed E-state index contributed by atoms with van der Waals surface area (Å²) in [4.78, 5) is 13.3. The van der Waals surface area contributed by atoms with Crippen LogP contribution in [0.5, 0.6) is 0 Å². The van der Waals surface area contributed by atoms with Crippen LogP contribution in [0.3, 0.4) is 0 Å². The maximum absolute atomic E-state index is 11.2. The van der Waals surface area contributed by atoms with Crippen LogP contribution >= 0.6 is 0 Å². The van der Waals surface area contributed by atoms with Gasteiger partial charge in [-0.15, -0.1) is 10.2 Å². The van der Waals surface area contributed by atoms with Gasteiger partial charge in [0.2, 0.25) is 0 Å². The Kier molecular flexibility index (Phi) is 8.73. The molecule has 0 radical (unpaired) electrons. The molecule has 0 amide bonds. The van der Waals surface area contributed by atoms with E-state index in [-0.39, 0.29) is 12.3 Å². The van der Waals surface area contributed by atoms with Gasteiger partial charge in [-0.2, -0.15) is 0 Å². The minimum absolute atomic E-state index is 0.214. The van der Waals surface area contributed by atoms with Crippen LogP contribution in [0.1, 0.15) is 36.2 Å². The second-order valence-electron chi connectivity index (χ2n) is 6.76. The molecule has 0 aliphatic carbocycles. The zero-order chi connectivity index (χ0) is 18.8. The third kappa shape index (κ3) is 6.19. The number of methoxy groups -OCH3 is 1. The van der Waals surface area contributed by atoms with Crippen LogP contribution < -0.4 is 10.2 Å². The first-order chi connectivity index (χ1) is 12.7. The van der Waals surface area contributed by atoms with Gasteiger partial charge in [0.05, 0.1) is 7.11 Å². The molecule has 3 rings (SSSR count). The Balaban J connectivity index is 0.000000254. The average Bonchev–Trinajstić information content (AvgIpc) is 2.74. The minimum Gasteiger partial charge on any atom is -0.464 e. The molecule has 2 aliphatic heterocycles. The van der Waals surface area contributed by atoms with Gasteiger partial charge in [-0.25, -0.2) is 4.79 Å². The van der Waals surface area contributed by atoms with E-state index < -0.39 is 5.97 Å². The van der Waals surface area contributed by atoms with Crippen molar-refractivity contribution < 1.29 is 19.7 Å². The number of carbonyl (C=O) groups excluding carboxylic acids is 1. The molecule has 2 fully saturated rings. The Morgan fingerprint density at radius 2 is 1.73 bits per heavy atom. The zero-order valence-electron chi connectivity index (χ0n) is 15.4. The highest BCUT2D eigenvalue weighted by molar-refractivity contribution is 5.86. The van der Waals surface area contributed by atoms with E-state index >= 15 is 0 Å². The lowest BCUT2D eigenvalue weighted by molar-refractivity contribution is 0.0592. The summed E-state index contributed by atoms with van der Waals surface area (Å²) < 4.78 is 4.57. The first-order valence-electron chi connectivity index (χ1n) is 9.27. The molecule has 8 heteroatoms. The molecule has 1 aromatic rings. The van der Waals surface area contributed by atoms with Crippen molar-refractivity contribution in [3.05, 3.63) is 17.8 Å². The third-order valence-electron chi connectivity index (χ3n) is 4.96. The van der Waals surface area contributed by atoms with E-state index in [4.69, 9.17) is 10.2 Å². The molecule has 3 heterocycles. The highest BCUT2D eigenvalue weighted by Crippen LogP contribution is 2.20. The van der Waals surface area contributed by atoms with Crippen molar-refractivity contribution in [1.29, 1.82) is 0 Å². The fraction of sp³-hybridized carbons (Fsp3) is 0.722. The fourth-order valence-corrected chi connectivity index (χ4v) is 3.12. The van der Waals surface area contributed by atoms with Crippen molar-refractivity contribution in [2.24, 2.45) is 11.8 Å². The first kappa shape index (κ1) is 20.5. The number of piperidine rings is 2. The predicted octanol–water partition coefficient (Wildman–Crippen LogP) is 0.450. The van der Waals surface area contributed by atoms with Gasteiger partial charge >= 0.3 is 5.97 Å². The smallest absolute Gasteiger partial charge is 0.358 e. The van der Waals surface area contributed by atoms with E-state index in [0.29, 0.717) is 18.4 Å². The Morgan fingerprint density at radius 3 is 2.19 bits per heavy atom. The Labute approximate surface area is 154 Å². The normalized spacial score (nSPS) is 18.8. The van der Waals surface area contributed by atoms with Gasteiger partial charge in [-0.05, 0) is 62.7 Å². The molecule has 0 unspecified atom stereocenters. The summed E-state index contributed by atoms with van der Waals surface area (Å²) in [6.45, 7) is 4.52. The summed E-state index contributed by atoms with van der Waals surface area (Å²) in [5.41, 5.74) is 0.214. The molecule has 3 N–H and O–H groups in total. The van der Waals surface area contributed by atoms with Crippen molar-refractivity contribution in [1.82, 2.24) is 15.5 Å². The number of hydrogen-bond acceptors (Lipinski definition) is 8. The largest absolute Gasteiger partial charge is 0.464 e. The van der Waals surface area contributed by atoms with Crippen LogP contribution in [0.15, 0.2) is 12.1 Å². The van der Waals surface area contributed by atoms with Gasteiger partial charge in [-0.3, -0.25) is 0 Å². The summed E-state index contributed by atoms with van der Waals surface area (Å²) in [7, 11) is 1.32. The molecular formula is C18H30N4O4. The maximum atomic E-state index is 11.2. The number of esters is 1. The van der Waals surface area contributed by atoms with Gasteiger partial charge in [-0.1, -0.05) is 0 Å². The lowest BCUT2D eigenvalue weighted by atomic mass is 9.98. The molecule has 146 valence electrons. The molecule has 1 aromatic heterocycles. The second-order valence-corrected chi connectivity index (χ2v) is 6.76. The highest BCUT2D eigenvalue weighted by atomic mass is 16.5. The van der Waals surface area contributed by atoms with Crippen LogP contribution in [0, 0.1) is 11.8 Å². The quantitative estimate of drug-likeness (QED) is 0.659.